The van der Waals surface area contributed by atoms with Gasteiger partial charge in [0.15, 0.2) is 6.29 Å². The first kappa shape index (κ1) is 28.9. The largest absolute Gasteiger partial charge is 0.497 e. The van der Waals surface area contributed by atoms with E-state index in [0.717, 1.165) is 57.1 Å². The smallest absolute Gasteiger partial charge is 0.186 e. The number of hydrogen-bond acceptors (Lipinski definition) is 7. The molecule has 0 unspecified atom stereocenters. The van der Waals surface area contributed by atoms with Crippen molar-refractivity contribution in [2.24, 2.45) is 28.6 Å². The number of rotatable bonds is 5. The zero-order valence-electron chi connectivity index (χ0n) is 24.9. The zero-order valence-corrected chi connectivity index (χ0v) is 24.9. The lowest BCUT2D eigenvalue weighted by molar-refractivity contribution is -0.313. The molecule has 4 saturated carbocycles. The molecule has 4 aliphatic carbocycles. The quantitative estimate of drug-likeness (QED) is 0.447. The predicted octanol–water partition coefficient (Wildman–Crippen LogP) is 4.80. The first-order valence-corrected chi connectivity index (χ1v) is 15.6. The maximum Gasteiger partial charge on any atom is 0.186 e. The molecule has 0 amide bonds. The van der Waals surface area contributed by atoms with Gasteiger partial charge in [-0.05, 0) is 111 Å². The van der Waals surface area contributed by atoms with E-state index in [1.807, 2.05) is 0 Å². The molecule has 40 heavy (non-hydrogen) atoms. The Balaban J connectivity index is 1.16. The fraction of sp³-hybridized carbons (Fsp3) is 0.818. The Morgan fingerprint density at radius 1 is 0.875 bits per heavy atom. The number of aliphatic hydroxyl groups excluding tert-OH is 2. The first-order valence-electron chi connectivity index (χ1n) is 15.6. The Labute approximate surface area is 239 Å². The van der Waals surface area contributed by atoms with Crippen LogP contribution < -0.4 is 4.74 Å². The highest BCUT2D eigenvalue weighted by Crippen LogP contribution is 2.70. The Kier molecular flexibility index (Phi) is 7.58. The first-order chi connectivity index (χ1) is 19.1. The molecule has 0 aromatic heterocycles. The molecule has 6 rings (SSSR count). The molecule has 3 N–H and O–H groups in total. The lowest BCUT2D eigenvalue weighted by atomic mass is 9.43. The molecular formula is C33H50O7. The van der Waals surface area contributed by atoms with Crippen molar-refractivity contribution < 1.29 is 34.3 Å². The van der Waals surface area contributed by atoms with Gasteiger partial charge in [-0.2, -0.15) is 0 Å². The summed E-state index contributed by atoms with van der Waals surface area (Å²) in [5.41, 5.74) is 0.774. The molecule has 224 valence electrons. The van der Waals surface area contributed by atoms with Crippen molar-refractivity contribution in [3.05, 3.63) is 29.8 Å². The molecule has 5 fully saturated rings. The highest BCUT2D eigenvalue weighted by atomic mass is 16.7. The average Bonchev–Trinajstić information content (AvgIpc) is 3.23. The summed E-state index contributed by atoms with van der Waals surface area (Å²) in [6.07, 6.45) is 5.39. The molecule has 1 aliphatic heterocycles. The summed E-state index contributed by atoms with van der Waals surface area (Å²) in [6, 6.07) is 8.53. The number of methoxy groups -OCH3 is 2. The third kappa shape index (κ3) is 4.29. The molecule has 0 spiro atoms. The van der Waals surface area contributed by atoms with Crippen LogP contribution in [0.15, 0.2) is 24.3 Å². The summed E-state index contributed by atoms with van der Waals surface area (Å²) >= 11 is 0. The average molecular weight is 559 g/mol. The van der Waals surface area contributed by atoms with Crippen molar-refractivity contribution >= 4 is 0 Å². The van der Waals surface area contributed by atoms with Crippen molar-refractivity contribution in [2.75, 3.05) is 14.2 Å². The van der Waals surface area contributed by atoms with Crippen LogP contribution in [0.2, 0.25) is 0 Å². The van der Waals surface area contributed by atoms with E-state index in [0.29, 0.717) is 23.7 Å². The van der Waals surface area contributed by atoms with E-state index in [4.69, 9.17) is 18.9 Å². The Morgan fingerprint density at radius 2 is 1.62 bits per heavy atom. The number of fused-ring (bicyclic) bond motifs is 5. The third-order valence-electron chi connectivity index (χ3n) is 12.7. The van der Waals surface area contributed by atoms with Gasteiger partial charge in [-0.25, -0.2) is 0 Å². The molecule has 0 radical (unpaired) electrons. The fourth-order valence-corrected chi connectivity index (χ4v) is 10.3. The normalized spacial score (nSPS) is 50.5. The molecule has 1 saturated heterocycles. The van der Waals surface area contributed by atoms with Gasteiger partial charge in [0.05, 0.1) is 24.9 Å². The van der Waals surface area contributed by atoms with Crippen LogP contribution in [0.25, 0.3) is 0 Å². The highest BCUT2D eigenvalue weighted by Gasteiger charge is 2.67. The van der Waals surface area contributed by atoms with Crippen molar-refractivity contribution in [1.29, 1.82) is 0 Å². The van der Waals surface area contributed by atoms with E-state index in [1.54, 1.807) is 14.0 Å². The minimum atomic E-state index is -1.02. The highest BCUT2D eigenvalue weighted by molar-refractivity contribution is 5.34. The second kappa shape index (κ2) is 10.5. The van der Waals surface area contributed by atoms with Crippen molar-refractivity contribution in [2.45, 2.75) is 127 Å². The molecule has 5 aliphatic rings. The standard InChI is InChI=1S/C33H50O7/c1-19-27(34)29(38-5)28(35)30(39-19)40-23-12-15-31(2)21(18-23)8-11-26-25(31)13-16-32(3)24(14-17-33(26,32)36)20-6-9-22(37-4)10-7-20/h6-7,9-10,19,21,23-30,34-36H,8,11-18H2,1-5H3/t19-,21+,23-,24+,25-,26+,27-,28-,29+,30-,31-,32+,33-/m0/s1. The summed E-state index contributed by atoms with van der Waals surface area (Å²) in [4.78, 5) is 0. The second-order valence-electron chi connectivity index (χ2n) is 14.2. The van der Waals surface area contributed by atoms with E-state index in [2.05, 4.69) is 38.1 Å². The predicted molar refractivity (Wildman–Crippen MR) is 151 cm³/mol. The number of hydrogen-bond donors (Lipinski definition) is 3. The van der Waals surface area contributed by atoms with Gasteiger partial charge in [-0.15, -0.1) is 0 Å². The van der Waals surface area contributed by atoms with E-state index >= 15 is 0 Å². The minimum Gasteiger partial charge on any atom is -0.497 e. The Bertz CT molecular complexity index is 1050. The van der Waals surface area contributed by atoms with Crippen LogP contribution in [0, 0.1) is 28.6 Å². The summed E-state index contributed by atoms with van der Waals surface area (Å²) in [7, 11) is 3.21. The van der Waals surface area contributed by atoms with Gasteiger partial charge in [0.1, 0.15) is 24.1 Å². The lowest BCUT2D eigenvalue weighted by Crippen LogP contribution is -2.62. The minimum absolute atomic E-state index is 0.0112. The number of aliphatic hydroxyl groups is 3. The second-order valence-corrected chi connectivity index (χ2v) is 14.2. The van der Waals surface area contributed by atoms with Crippen molar-refractivity contribution in [3.8, 4) is 5.75 Å². The zero-order chi connectivity index (χ0) is 28.4. The van der Waals surface area contributed by atoms with Crippen LogP contribution in [0.3, 0.4) is 0 Å². The molecule has 0 bridgehead atoms. The van der Waals surface area contributed by atoms with Crippen molar-refractivity contribution in [3.63, 3.8) is 0 Å². The number of ether oxygens (including phenoxy) is 4. The SMILES string of the molecule is COc1ccc([C@H]2CC[C@]3(O)[C@@H]4CC[C@@H]5C[C@@H](O[C@@H]6O[C@@H](C)[C@H](O)[C@@H](OC)[C@@H]6O)CC[C@]5(C)[C@H]4CC[C@]23C)cc1. The van der Waals surface area contributed by atoms with Crippen LogP contribution in [0.5, 0.6) is 5.75 Å². The van der Waals surface area contributed by atoms with E-state index < -0.39 is 36.3 Å². The van der Waals surface area contributed by atoms with E-state index in [1.165, 1.54) is 19.1 Å². The van der Waals surface area contributed by atoms with Crippen molar-refractivity contribution in [1.82, 2.24) is 0 Å². The topological polar surface area (TPSA) is 97.6 Å². The van der Waals surface area contributed by atoms with E-state index in [9.17, 15) is 15.3 Å². The molecule has 1 heterocycles. The molecular weight excluding hydrogens is 508 g/mol. The summed E-state index contributed by atoms with van der Waals surface area (Å²) in [5.74, 6) is 2.64. The Hall–Kier alpha value is -1.22. The van der Waals surface area contributed by atoms with Gasteiger partial charge in [0.2, 0.25) is 0 Å². The maximum absolute atomic E-state index is 12.6. The molecule has 1 aromatic carbocycles. The van der Waals surface area contributed by atoms with Crippen LogP contribution in [-0.2, 0) is 14.2 Å². The lowest BCUT2D eigenvalue weighted by Gasteiger charge is -2.64. The molecule has 13 atom stereocenters. The van der Waals surface area contributed by atoms with Gasteiger partial charge < -0.3 is 34.3 Å². The van der Waals surface area contributed by atoms with Gasteiger partial charge >= 0.3 is 0 Å². The van der Waals surface area contributed by atoms with Gasteiger partial charge in [-0.3, -0.25) is 0 Å². The monoisotopic (exact) mass is 558 g/mol. The number of benzene rings is 1. The Morgan fingerprint density at radius 3 is 2.33 bits per heavy atom. The molecule has 7 heteroatoms. The van der Waals surface area contributed by atoms with Crippen LogP contribution >= 0.6 is 0 Å². The van der Waals surface area contributed by atoms with Gasteiger partial charge in [-0.1, -0.05) is 26.0 Å². The fourth-order valence-electron chi connectivity index (χ4n) is 10.3. The van der Waals surface area contributed by atoms with Gasteiger partial charge in [0.25, 0.3) is 0 Å². The summed E-state index contributed by atoms with van der Waals surface area (Å²) < 4.78 is 23.0. The summed E-state index contributed by atoms with van der Waals surface area (Å²) in [5, 5.41) is 33.7. The van der Waals surface area contributed by atoms with Crippen LogP contribution in [0.1, 0.15) is 90.0 Å². The molecule has 7 nitrogen and oxygen atoms in total. The maximum atomic E-state index is 12.6. The van der Waals surface area contributed by atoms with Gasteiger partial charge in [0, 0.05) is 12.5 Å². The third-order valence-corrected chi connectivity index (χ3v) is 12.7. The van der Waals surface area contributed by atoms with E-state index in [-0.39, 0.29) is 16.9 Å². The molecule has 1 aromatic rings. The summed E-state index contributed by atoms with van der Waals surface area (Å²) in [6.45, 7) is 6.64. The van der Waals surface area contributed by atoms with Crippen LogP contribution in [0.4, 0.5) is 0 Å². The van der Waals surface area contributed by atoms with Crippen LogP contribution in [-0.4, -0.2) is 72.0 Å².